The van der Waals surface area contributed by atoms with Crippen molar-refractivity contribution in [2.75, 3.05) is 34.4 Å². The first kappa shape index (κ1) is 22.3. The zero-order valence-corrected chi connectivity index (χ0v) is 18.0. The molecule has 0 aromatic heterocycles. The lowest BCUT2D eigenvalue weighted by molar-refractivity contribution is -0.278. The van der Waals surface area contributed by atoms with Gasteiger partial charge in [0.25, 0.3) is 5.91 Å². The van der Waals surface area contributed by atoms with Crippen LogP contribution in [-0.2, 0) is 14.2 Å². The Hall–Kier alpha value is -0.673. The third-order valence-electron chi connectivity index (χ3n) is 3.29. The predicted octanol–water partition coefficient (Wildman–Crippen LogP) is -0.327. The van der Waals surface area contributed by atoms with E-state index in [1.54, 1.807) is 21.3 Å². The number of guanidine groups is 1. The molecular formula is C15H36N4O3Si. The summed E-state index contributed by atoms with van der Waals surface area (Å²) in [5, 5.41) is 9.93. The average Bonchev–Trinajstić information content (AvgIpc) is 2.49. The molecule has 0 aliphatic heterocycles. The minimum absolute atomic E-state index is 0.137. The van der Waals surface area contributed by atoms with Crippen LogP contribution in [0.3, 0.4) is 0 Å². The quantitative estimate of drug-likeness (QED) is 0.156. The maximum atomic E-state index is 5.56. The maximum absolute atomic E-state index is 5.56. The van der Waals surface area contributed by atoms with Crippen LogP contribution in [0, 0.1) is 0 Å². The Balaban J connectivity index is 4.58. The second-order valence-electron chi connectivity index (χ2n) is 5.93. The van der Waals surface area contributed by atoms with Crippen molar-refractivity contribution in [3.8, 4) is 0 Å². The van der Waals surface area contributed by atoms with Gasteiger partial charge in [-0.3, -0.25) is 10.3 Å². The van der Waals surface area contributed by atoms with E-state index in [-0.39, 0.29) is 12.1 Å². The largest absolute Gasteiger partial charge is 0.375 e. The van der Waals surface area contributed by atoms with E-state index in [0.717, 1.165) is 22.2 Å². The molecule has 0 aromatic rings. The van der Waals surface area contributed by atoms with Crippen molar-refractivity contribution in [2.24, 2.45) is 4.99 Å². The molecule has 23 heavy (non-hydrogen) atoms. The van der Waals surface area contributed by atoms with Crippen LogP contribution >= 0.6 is 0 Å². The molecule has 0 saturated carbocycles. The molecule has 0 spiro atoms. The van der Waals surface area contributed by atoms with Crippen LogP contribution in [-0.4, -0.2) is 74.7 Å². The van der Waals surface area contributed by atoms with E-state index >= 15 is 0 Å². The van der Waals surface area contributed by atoms with Gasteiger partial charge in [0.1, 0.15) is 6.10 Å². The third kappa shape index (κ3) is 8.12. The number of methoxy groups -OCH3 is 3. The summed E-state index contributed by atoms with van der Waals surface area (Å²) in [4.78, 5) is 4.54. The van der Waals surface area contributed by atoms with Gasteiger partial charge in [0, 0.05) is 56.7 Å². The molecular weight excluding hydrogens is 312 g/mol. The molecule has 0 aliphatic rings. The molecule has 0 heterocycles. The Morgan fingerprint density at radius 3 is 2.09 bits per heavy atom. The second-order valence-corrected chi connectivity index (χ2v) is 6.75. The minimum Gasteiger partial charge on any atom is -0.375 e. The van der Waals surface area contributed by atoms with E-state index in [4.69, 9.17) is 14.2 Å². The zero-order chi connectivity index (χ0) is 17.9. The molecule has 0 saturated heterocycles. The van der Waals surface area contributed by atoms with Gasteiger partial charge in [-0.15, -0.1) is 0 Å². The van der Waals surface area contributed by atoms with Gasteiger partial charge in [-0.2, -0.15) is 0 Å². The molecule has 7 nitrogen and oxygen atoms in total. The SMILES string of the molecule is COC(C[SiH3])C(NCCNC(=NC(C)C)NC(C)C)(OC)OC. The molecule has 8 heteroatoms. The van der Waals surface area contributed by atoms with Crippen molar-refractivity contribution < 1.29 is 14.2 Å². The van der Waals surface area contributed by atoms with E-state index < -0.39 is 5.91 Å². The van der Waals surface area contributed by atoms with Gasteiger partial charge >= 0.3 is 0 Å². The van der Waals surface area contributed by atoms with Gasteiger partial charge in [-0.25, -0.2) is 0 Å². The molecule has 0 aromatic carbocycles. The number of nitrogens with one attached hydrogen (secondary N) is 3. The van der Waals surface area contributed by atoms with Crippen LogP contribution in [0.4, 0.5) is 0 Å². The lowest BCUT2D eigenvalue weighted by Crippen LogP contribution is -2.59. The summed E-state index contributed by atoms with van der Waals surface area (Å²) in [6, 6.07) is 1.47. The summed E-state index contributed by atoms with van der Waals surface area (Å²) in [5.74, 6) is -0.109. The fraction of sp³-hybridized carbons (Fsp3) is 0.933. The Labute approximate surface area is 144 Å². The number of rotatable bonds is 11. The summed E-state index contributed by atoms with van der Waals surface area (Å²) >= 11 is 0. The van der Waals surface area contributed by atoms with Gasteiger partial charge in [0.2, 0.25) is 0 Å². The normalized spacial score (nSPS) is 14.6. The molecule has 1 atom stereocenters. The van der Waals surface area contributed by atoms with Gasteiger partial charge in [0.15, 0.2) is 5.96 Å². The first-order valence-corrected chi connectivity index (χ1v) is 9.72. The molecule has 3 N–H and O–H groups in total. The topological polar surface area (TPSA) is 76.1 Å². The molecule has 0 radical (unpaired) electrons. The molecule has 1 unspecified atom stereocenters. The Morgan fingerprint density at radius 2 is 1.70 bits per heavy atom. The van der Waals surface area contributed by atoms with Crippen LogP contribution in [0.2, 0.25) is 6.04 Å². The maximum Gasteiger partial charge on any atom is 0.254 e. The summed E-state index contributed by atoms with van der Waals surface area (Å²) in [6.07, 6.45) is -0.137. The van der Waals surface area contributed by atoms with E-state index in [1.165, 1.54) is 0 Å². The third-order valence-corrected chi connectivity index (χ3v) is 4.03. The van der Waals surface area contributed by atoms with Crippen LogP contribution < -0.4 is 16.0 Å². The van der Waals surface area contributed by atoms with Crippen LogP contribution in [0.15, 0.2) is 4.99 Å². The summed E-state index contributed by atoms with van der Waals surface area (Å²) in [5.41, 5.74) is 0. The highest BCUT2D eigenvalue weighted by Crippen LogP contribution is 2.18. The van der Waals surface area contributed by atoms with E-state index in [0.29, 0.717) is 19.1 Å². The first-order valence-electron chi connectivity index (χ1n) is 8.31. The molecule has 0 fully saturated rings. The fourth-order valence-corrected chi connectivity index (χ4v) is 3.15. The highest BCUT2D eigenvalue weighted by atomic mass is 28.1. The van der Waals surface area contributed by atoms with E-state index in [9.17, 15) is 0 Å². The lowest BCUT2D eigenvalue weighted by Gasteiger charge is -2.37. The standard InChI is InChI=1S/C15H36N4O3Si/c1-11(2)18-14(19-12(3)4)16-8-9-17-15(21-6,22-7)13(10-23)20-5/h11-13,17H,8-10H2,1-7,23H3,(H2,16,18,19). The first-order chi connectivity index (χ1) is 10.8. The molecule has 138 valence electrons. The van der Waals surface area contributed by atoms with E-state index in [2.05, 4.69) is 48.6 Å². The van der Waals surface area contributed by atoms with Crippen LogP contribution in [0.1, 0.15) is 27.7 Å². The number of hydrogen-bond acceptors (Lipinski definition) is 5. The van der Waals surface area contributed by atoms with Gasteiger partial charge in [0.05, 0.1) is 0 Å². The highest BCUT2D eigenvalue weighted by molar-refractivity contribution is 6.08. The Morgan fingerprint density at radius 1 is 1.09 bits per heavy atom. The number of nitrogens with zero attached hydrogens (tertiary/aromatic N) is 1. The number of aliphatic imine (C=N–C) groups is 1. The fourth-order valence-electron chi connectivity index (χ4n) is 2.28. The van der Waals surface area contributed by atoms with Crippen molar-refractivity contribution in [1.29, 1.82) is 0 Å². The summed E-state index contributed by atoms with van der Waals surface area (Å²) in [6.45, 7) is 9.63. The van der Waals surface area contributed by atoms with Gasteiger partial charge in [-0.05, 0) is 33.7 Å². The van der Waals surface area contributed by atoms with Crippen molar-refractivity contribution in [2.45, 2.75) is 57.8 Å². The van der Waals surface area contributed by atoms with Crippen LogP contribution in [0.5, 0.6) is 0 Å². The average molecular weight is 349 g/mol. The van der Waals surface area contributed by atoms with Crippen molar-refractivity contribution in [1.82, 2.24) is 16.0 Å². The van der Waals surface area contributed by atoms with Gasteiger partial charge in [-0.1, -0.05) is 0 Å². The van der Waals surface area contributed by atoms with Crippen molar-refractivity contribution in [3.05, 3.63) is 0 Å². The van der Waals surface area contributed by atoms with Gasteiger partial charge < -0.3 is 24.8 Å². The summed E-state index contributed by atoms with van der Waals surface area (Å²) < 4.78 is 16.6. The Bertz CT molecular complexity index is 333. The zero-order valence-electron chi connectivity index (χ0n) is 16.0. The molecule has 0 bridgehead atoms. The minimum atomic E-state index is -0.918. The van der Waals surface area contributed by atoms with Crippen molar-refractivity contribution >= 4 is 16.2 Å². The van der Waals surface area contributed by atoms with Crippen molar-refractivity contribution in [3.63, 3.8) is 0 Å². The summed E-state index contributed by atoms with van der Waals surface area (Å²) in [7, 11) is 5.93. The van der Waals surface area contributed by atoms with Crippen LogP contribution in [0.25, 0.3) is 0 Å². The number of hydrogen-bond donors (Lipinski definition) is 3. The second kappa shape index (κ2) is 11.8. The predicted molar refractivity (Wildman–Crippen MR) is 99.1 cm³/mol. The highest BCUT2D eigenvalue weighted by Gasteiger charge is 2.38. The van der Waals surface area contributed by atoms with E-state index in [1.807, 2.05) is 0 Å². The Kier molecular flexibility index (Phi) is 11.5. The molecule has 0 rings (SSSR count). The molecule has 0 amide bonds. The smallest absolute Gasteiger partial charge is 0.254 e. The lowest BCUT2D eigenvalue weighted by atomic mass is 10.3. The molecule has 0 aliphatic carbocycles. The number of ether oxygens (including phenoxy) is 3. The monoisotopic (exact) mass is 348 g/mol.